The molecule has 27 heavy (non-hydrogen) atoms. The first-order valence-electron chi connectivity index (χ1n) is 7.96. The lowest BCUT2D eigenvalue weighted by molar-refractivity contribution is 0.753. The minimum atomic E-state index is 0.675. The Labute approximate surface area is 171 Å². The Morgan fingerprint density at radius 1 is 0.926 bits per heavy atom. The van der Waals surface area contributed by atoms with Crippen LogP contribution in [0.25, 0.3) is 32.6 Å². The van der Waals surface area contributed by atoms with Gasteiger partial charge in [0.15, 0.2) is 5.01 Å². The maximum absolute atomic E-state index is 5.93. The van der Waals surface area contributed by atoms with E-state index in [-0.39, 0.29) is 0 Å². The van der Waals surface area contributed by atoms with Gasteiger partial charge < -0.3 is 0 Å². The number of fused-ring (bicyclic) bond motifs is 1. The van der Waals surface area contributed by atoms with Crippen molar-refractivity contribution in [3.63, 3.8) is 0 Å². The normalized spacial score (nSPS) is 11.3. The Morgan fingerprint density at radius 2 is 1.70 bits per heavy atom. The zero-order valence-electron chi connectivity index (χ0n) is 13.6. The van der Waals surface area contributed by atoms with Crippen molar-refractivity contribution in [1.29, 1.82) is 0 Å². The van der Waals surface area contributed by atoms with Crippen molar-refractivity contribution < 1.29 is 0 Å². The molecule has 132 valence electrons. The number of nitrogens with zero attached hydrogens (tertiary/aromatic N) is 6. The average Bonchev–Trinajstić information content (AvgIpc) is 3.37. The van der Waals surface area contributed by atoms with E-state index in [0.29, 0.717) is 10.7 Å². The second-order valence-corrected chi connectivity index (χ2v) is 8.07. The van der Waals surface area contributed by atoms with Crippen LogP contribution in [0.1, 0.15) is 0 Å². The van der Waals surface area contributed by atoms with E-state index in [9.17, 15) is 0 Å². The second kappa shape index (κ2) is 6.56. The molecule has 0 fully saturated rings. The Bertz CT molecular complexity index is 1210. The molecule has 0 radical (unpaired) electrons. The van der Waals surface area contributed by atoms with E-state index >= 15 is 0 Å². The van der Waals surface area contributed by atoms with Crippen LogP contribution in [0, 0.1) is 0 Å². The van der Waals surface area contributed by atoms with E-state index in [0.717, 1.165) is 31.4 Å². The molecular weight excluding hydrogens is 448 g/mol. The Balaban J connectivity index is 1.46. The van der Waals surface area contributed by atoms with Crippen LogP contribution >= 0.6 is 38.9 Å². The highest BCUT2D eigenvalue weighted by atomic mass is 79.9. The highest BCUT2D eigenvalue weighted by Crippen LogP contribution is 2.27. The van der Waals surface area contributed by atoms with Gasteiger partial charge in [0, 0.05) is 15.1 Å². The van der Waals surface area contributed by atoms with Gasteiger partial charge in [-0.3, -0.25) is 0 Å². The lowest BCUT2D eigenvalue weighted by Crippen LogP contribution is -1.98. The topological polar surface area (TPSA) is 60.9 Å². The standard InChI is InChI=1S/C18H10BrClN6S/c19-12-3-1-11(2-4-12)16-10-25-18(22-16)27-17(24-25)15-9-21-26(23-15)14-7-5-13(20)6-8-14/h1-10H. The Kier molecular flexibility index (Phi) is 4.04. The second-order valence-electron chi connectivity index (χ2n) is 5.76. The third-order valence-corrected chi connectivity index (χ3v) is 5.68. The van der Waals surface area contributed by atoms with Crippen LogP contribution in [0.3, 0.4) is 0 Å². The van der Waals surface area contributed by atoms with Gasteiger partial charge in [0.25, 0.3) is 0 Å². The monoisotopic (exact) mass is 456 g/mol. The van der Waals surface area contributed by atoms with E-state index < -0.39 is 0 Å². The number of rotatable bonds is 3. The molecule has 9 heteroatoms. The summed E-state index contributed by atoms with van der Waals surface area (Å²) in [6, 6.07) is 15.4. The summed E-state index contributed by atoms with van der Waals surface area (Å²) in [4.78, 5) is 7.04. The molecule has 3 heterocycles. The average molecular weight is 458 g/mol. The van der Waals surface area contributed by atoms with Crippen molar-refractivity contribution >= 4 is 43.8 Å². The van der Waals surface area contributed by atoms with E-state index in [1.54, 1.807) is 27.6 Å². The van der Waals surface area contributed by atoms with Gasteiger partial charge in [-0.25, -0.2) is 9.50 Å². The molecule has 2 aromatic carbocycles. The summed E-state index contributed by atoms with van der Waals surface area (Å²) in [6.07, 6.45) is 3.62. The Hall–Kier alpha value is -2.55. The molecule has 0 N–H and O–H groups in total. The lowest BCUT2D eigenvalue weighted by atomic mass is 10.2. The minimum absolute atomic E-state index is 0.675. The molecule has 0 saturated heterocycles. The van der Waals surface area contributed by atoms with Crippen LogP contribution in [0.2, 0.25) is 5.02 Å². The van der Waals surface area contributed by atoms with Crippen LogP contribution in [-0.4, -0.2) is 29.6 Å². The summed E-state index contributed by atoms with van der Waals surface area (Å²) >= 11 is 10.8. The molecule has 0 aliphatic heterocycles. The fourth-order valence-corrected chi connectivity index (χ4v) is 3.84. The van der Waals surface area contributed by atoms with Gasteiger partial charge in [0.1, 0.15) is 5.69 Å². The third kappa shape index (κ3) is 3.16. The molecule has 0 atom stereocenters. The molecule has 0 aliphatic rings. The predicted molar refractivity (Wildman–Crippen MR) is 109 cm³/mol. The maximum Gasteiger partial charge on any atom is 0.213 e. The maximum atomic E-state index is 5.93. The SMILES string of the molecule is Clc1ccc(-n2ncc(-c3nn4cc(-c5ccc(Br)cc5)nc4s3)n2)cc1. The van der Waals surface area contributed by atoms with Crippen molar-refractivity contribution in [2.24, 2.45) is 0 Å². The summed E-state index contributed by atoms with van der Waals surface area (Å²) in [5.74, 6) is 0. The van der Waals surface area contributed by atoms with E-state index in [1.165, 1.54) is 11.3 Å². The summed E-state index contributed by atoms with van der Waals surface area (Å²) in [5.41, 5.74) is 3.47. The van der Waals surface area contributed by atoms with E-state index in [1.807, 2.05) is 42.6 Å². The first-order valence-corrected chi connectivity index (χ1v) is 9.95. The molecule has 0 bridgehead atoms. The predicted octanol–water partition coefficient (Wildman–Crippen LogP) is 5.12. The molecule has 3 aromatic heterocycles. The van der Waals surface area contributed by atoms with Gasteiger partial charge in [-0.2, -0.15) is 15.0 Å². The zero-order chi connectivity index (χ0) is 18.4. The molecule has 0 spiro atoms. The largest absolute Gasteiger partial charge is 0.217 e. The molecule has 5 aromatic rings. The molecule has 0 aliphatic carbocycles. The van der Waals surface area contributed by atoms with Crippen LogP contribution < -0.4 is 0 Å². The van der Waals surface area contributed by atoms with Crippen LogP contribution in [0.5, 0.6) is 0 Å². The number of benzene rings is 2. The first-order chi connectivity index (χ1) is 13.2. The van der Waals surface area contributed by atoms with Crippen molar-refractivity contribution in [3.05, 3.63) is 70.4 Å². The smallest absolute Gasteiger partial charge is 0.213 e. The summed E-state index contributed by atoms with van der Waals surface area (Å²) < 4.78 is 2.81. The summed E-state index contributed by atoms with van der Waals surface area (Å²) in [6.45, 7) is 0. The number of imidazole rings is 1. The van der Waals surface area contributed by atoms with Crippen LogP contribution in [0.4, 0.5) is 0 Å². The summed E-state index contributed by atoms with van der Waals surface area (Å²) in [5, 5.41) is 14.9. The lowest BCUT2D eigenvalue weighted by Gasteiger charge is -1.98. The molecule has 0 amide bonds. The van der Waals surface area contributed by atoms with Crippen molar-refractivity contribution in [1.82, 2.24) is 29.6 Å². The van der Waals surface area contributed by atoms with Crippen molar-refractivity contribution in [3.8, 4) is 27.6 Å². The van der Waals surface area contributed by atoms with Crippen LogP contribution in [-0.2, 0) is 0 Å². The molecule has 0 unspecified atom stereocenters. The number of aromatic nitrogens is 6. The Morgan fingerprint density at radius 3 is 2.44 bits per heavy atom. The number of hydrogen-bond donors (Lipinski definition) is 0. The third-order valence-electron chi connectivity index (χ3n) is 3.95. The first kappa shape index (κ1) is 16.6. The highest BCUT2D eigenvalue weighted by Gasteiger charge is 2.14. The van der Waals surface area contributed by atoms with E-state index in [4.69, 9.17) is 11.6 Å². The molecule has 6 nitrogen and oxygen atoms in total. The van der Waals surface area contributed by atoms with Gasteiger partial charge >= 0.3 is 0 Å². The minimum Gasteiger partial charge on any atom is -0.217 e. The highest BCUT2D eigenvalue weighted by molar-refractivity contribution is 9.10. The molecular formula is C18H10BrClN6S. The van der Waals surface area contributed by atoms with Gasteiger partial charge in [-0.15, -0.1) is 5.10 Å². The fraction of sp³-hybridized carbons (Fsp3) is 0. The quantitative estimate of drug-likeness (QED) is 0.377. The van der Waals surface area contributed by atoms with Crippen LogP contribution in [0.15, 0.2) is 65.4 Å². The zero-order valence-corrected chi connectivity index (χ0v) is 16.8. The molecule has 0 saturated carbocycles. The van der Waals surface area contributed by atoms with Crippen molar-refractivity contribution in [2.75, 3.05) is 0 Å². The van der Waals surface area contributed by atoms with E-state index in [2.05, 4.69) is 36.2 Å². The molecule has 5 rings (SSSR count). The number of halogens is 2. The summed E-state index contributed by atoms with van der Waals surface area (Å²) in [7, 11) is 0. The number of hydrogen-bond acceptors (Lipinski definition) is 5. The van der Waals surface area contributed by atoms with Gasteiger partial charge in [-0.05, 0) is 36.4 Å². The fourth-order valence-electron chi connectivity index (χ4n) is 2.62. The van der Waals surface area contributed by atoms with Gasteiger partial charge in [0.2, 0.25) is 4.96 Å². The van der Waals surface area contributed by atoms with Crippen molar-refractivity contribution in [2.45, 2.75) is 0 Å². The van der Waals surface area contributed by atoms with Gasteiger partial charge in [0.05, 0.1) is 23.8 Å². The van der Waals surface area contributed by atoms with Gasteiger partial charge in [-0.1, -0.05) is 51.0 Å².